The zero-order chi connectivity index (χ0) is 9.57. The molecule has 0 aliphatic carbocycles. The third-order valence-electron chi connectivity index (χ3n) is 3.67. The molecule has 1 saturated heterocycles. The van der Waals surface area contributed by atoms with E-state index in [2.05, 4.69) is 13.8 Å². The first kappa shape index (κ1) is 14.4. The Morgan fingerprint density at radius 3 is 1.93 bits per heavy atom. The van der Waals surface area contributed by atoms with Crippen LogP contribution in [0.25, 0.3) is 0 Å². The van der Waals surface area contributed by atoms with E-state index in [-0.39, 0.29) is 17.0 Å². The number of rotatable bonds is 4. The highest BCUT2D eigenvalue weighted by atomic mass is 79.9. The minimum Gasteiger partial charge on any atom is -1.00 e. The van der Waals surface area contributed by atoms with Crippen LogP contribution >= 0.6 is 0 Å². The molecule has 2 heteroatoms. The van der Waals surface area contributed by atoms with Crippen LogP contribution in [0.2, 0.25) is 0 Å². The van der Waals surface area contributed by atoms with Crippen LogP contribution in [-0.4, -0.2) is 30.7 Å². The second-order valence-electron chi connectivity index (χ2n) is 4.60. The first-order valence-electron chi connectivity index (χ1n) is 6.18. The maximum absolute atomic E-state index is 2.38. The van der Waals surface area contributed by atoms with Crippen LogP contribution in [0.3, 0.4) is 0 Å². The summed E-state index contributed by atoms with van der Waals surface area (Å²) in [5, 5.41) is 0. The van der Waals surface area contributed by atoms with Gasteiger partial charge in [0.15, 0.2) is 0 Å². The Bertz CT molecular complexity index is 128. The summed E-state index contributed by atoms with van der Waals surface area (Å²) in [6.07, 6.45) is 8.68. The quantitative estimate of drug-likeness (QED) is 0.636. The van der Waals surface area contributed by atoms with Gasteiger partial charge in [-0.1, -0.05) is 13.3 Å². The molecule has 1 fully saturated rings. The number of hydrogen-bond donors (Lipinski definition) is 0. The van der Waals surface area contributed by atoms with Crippen molar-refractivity contribution in [2.24, 2.45) is 0 Å². The summed E-state index contributed by atoms with van der Waals surface area (Å²) in [6.45, 7) is 10.4. The molecule has 1 rings (SSSR count). The first-order chi connectivity index (χ1) is 6.33. The molecular formula is C12H26BrN. The van der Waals surface area contributed by atoms with E-state index in [1.807, 2.05) is 0 Å². The lowest BCUT2D eigenvalue weighted by Crippen LogP contribution is -3.00. The number of likely N-dealkylation sites (tertiary alicyclic amines) is 1. The van der Waals surface area contributed by atoms with Crippen molar-refractivity contribution < 1.29 is 21.5 Å². The Labute approximate surface area is 100 Å². The Balaban J connectivity index is 0.00000169. The molecule has 1 nitrogen and oxygen atoms in total. The fourth-order valence-electron chi connectivity index (χ4n) is 2.55. The van der Waals surface area contributed by atoms with Crippen molar-refractivity contribution in [1.82, 2.24) is 0 Å². The fourth-order valence-corrected chi connectivity index (χ4v) is 2.55. The SMILES string of the molecule is CCCC[N+]1(CC)CCCCCC1.[Br-]. The molecule has 0 amide bonds. The second-order valence-corrected chi connectivity index (χ2v) is 4.60. The topological polar surface area (TPSA) is 0 Å². The molecule has 1 aliphatic rings. The molecule has 0 unspecified atom stereocenters. The van der Waals surface area contributed by atoms with E-state index < -0.39 is 0 Å². The third kappa shape index (κ3) is 4.31. The van der Waals surface area contributed by atoms with Gasteiger partial charge in [-0.05, 0) is 39.0 Å². The lowest BCUT2D eigenvalue weighted by Gasteiger charge is -2.37. The highest BCUT2D eigenvalue weighted by Crippen LogP contribution is 2.19. The highest BCUT2D eigenvalue weighted by Gasteiger charge is 2.25. The second kappa shape index (κ2) is 7.70. The molecule has 0 radical (unpaired) electrons. The van der Waals surface area contributed by atoms with E-state index in [9.17, 15) is 0 Å². The molecule has 0 aromatic carbocycles. The van der Waals surface area contributed by atoms with Gasteiger partial charge in [-0.25, -0.2) is 0 Å². The van der Waals surface area contributed by atoms with Crippen LogP contribution in [0.4, 0.5) is 0 Å². The molecule has 1 aliphatic heterocycles. The lowest BCUT2D eigenvalue weighted by molar-refractivity contribution is -0.926. The summed E-state index contributed by atoms with van der Waals surface area (Å²) in [6, 6.07) is 0. The predicted octanol–water partition coefficient (Wildman–Crippen LogP) is 0.201. The minimum absolute atomic E-state index is 0. The molecule has 0 spiro atoms. The number of nitrogens with zero attached hydrogens (tertiary/aromatic N) is 1. The van der Waals surface area contributed by atoms with Crippen LogP contribution in [0.5, 0.6) is 0 Å². The van der Waals surface area contributed by atoms with Crippen LogP contribution < -0.4 is 17.0 Å². The van der Waals surface area contributed by atoms with E-state index in [0.29, 0.717) is 0 Å². The zero-order valence-corrected chi connectivity index (χ0v) is 11.5. The maximum atomic E-state index is 2.38. The average molecular weight is 264 g/mol. The maximum Gasteiger partial charge on any atom is 0.0786 e. The summed E-state index contributed by atoms with van der Waals surface area (Å²) in [5.74, 6) is 0. The summed E-state index contributed by atoms with van der Waals surface area (Å²) in [7, 11) is 0. The summed E-state index contributed by atoms with van der Waals surface area (Å²) >= 11 is 0. The van der Waals surface area contributed by atoms with Gasteiger partial charge in [-0.3, -0.25) is 0 Å². The molecule has 0 aromatic rings. The first-order valence-corrected chi connectivity index (χ1v) is 6.18. The number of hydrogen-bond acceptors (Lipinski definition) is 0. The minimum atomic E-state index is 0. The van der Waals surface area contributed by atoms with Crippen LogP contribution in [0, 0.1) is 0 Å². The largest absolute Gasteiger partial charge is 1.00 e. The zero-order valence-electron chi connectivity index (χ0n) is 9.90. The summed E-state index contributed by atoms with van der Waals surface area (Å²) in [4.78, 5) is 0. The molecule has 0 aromatic heterocycles. The standard InChI is InChI=1S/C12H26N.BrH/c1-3-5-10-13(4-2)11-8-6-7-9-12-13;/h3-12H2,1-2H3;1H/q+1;/p-1. The molecule has 1 heterocycles. The normalized spacial score (nSPS) is 21.0. The molecule has 86 valence electrons. The highest BCUT2D eigenvalue weighted by molar-refractivity contribution is 4.53. The molecule has 14 heavy (non-hydrogen) atoms. The number of unbranched alkanes of at least 4 members (excludes halogenated alkanes) is 1. The van der Waals surface area contributed by atoms with Gasteiger partial charge in [0.1, 0.15) is 0 Å². The van der Waals surface area contributed by atoms with Gasteiger partial charge < -0.3 is 21.5 Å². The van der Waals surface area contributed by atoms with Crippen molar-refractivity contribution in [3.8, 4) is 0 Å². The van der Waals surface area contributed by atoms with E-state index in [1.165, 1.54) is 69.2 Å². The Kier molecular flexibility index (Phi) is 7.94. The van der Waals surface area contributed by atoms with Gasteiger partial charge in [0.05, 0.1) is 26.2 Å². The fraction of sp³-hybridized carbons (Fsp3) is 1.00. The van der Waals surface area contributed by atoms with Gasteiger partial charge >= 0.3 is 0 Å². The van der Waals surface area contributed by atoms with Crippen molar-refractivity contribution in [1.29, 1.82) is 0 Å². The van der Waals surface area contributed by atoms with Gasteiger partial charge in [0.2, 0.25) is 0 Å². The Hall–Kier alpha value is 0.440. The molecule has 0 N–H and O–H groups in total. The molecule has 0 atom stereocenters. The summed E-state index contributed by atoms with van der Waals surface area (Å²) < 4.78 is 1.42. The van der Waals surface area contributed by atoms with Crippen molar-refractivity contribution >= 4 is 0 Å². The third-order valence-corrected chi connectivity index (χ3v) is 3.67. The smallest absolute Gasteiger partial charge is 0.0786 e. The van der Waals surface area contributed by atoms with E-state index in [4.69, 9.17) is 0 Å². The van der Waals surface area contributed by atoms with E-state index >= 15 is 0 Å². The summed E-state index contributed by atoms with van der Waals surface area (Å²) in [5.41, 5.74) is 0. The molecular weight excluding hydrogens is 238 g/mol. The number of halogens is 1. The van der Waals surface area contributed by atoms with Crippen molar-refractivity contribution in [2.75, 3.05) is 26.2 Å². The van der Waals surface area contributed by atoms with Crippen LogP contribution in [0.15, 0.2) is 0 Å². The van der Waals surface area contributed by atoms with Gasteiger partial charge in [-0.2, -0.15) is 0 Å². The van der Waals surface area contributed by atoms with Crippen molar-refractivity contribution in [3.05, 3.63) is 0 Å². The lowest BCUT2D eigenvalue weighted by atomic mass is 10.2. The van der Waals surface area contributed by atoms with Crippen molar-refractivity contribution in [3.63, 3.8) is 0 Å². The predicted molar refractivity (Wildman–Crippen MR) is 58.8 cm³/mol. The average Bonchev–Trinajstić information content (AvgIpc) is 2.41. The Morgan fingerprint density at radius 1 is 0.929 bits per heavy atom. The van der Waals surface area contributed by atoms with E-state index in [1.54, 1.807) is 0 Å². The molecule has 0 saturated carbocycles. The van der Waals surface area contributed by atoms with Crippen LogP contribution in [0.1, 0.15) is 52.4 Å². The van der Waals surface area contributed by atoms with Crippen molar-refractivity contribution in [2.45, 2.75) is 52.4 Å². The number of quaternary nitrogens is 1. The Morgan fingerprint density at radius 2 is 1.50 bits per heavy atom. The van der Waals surface area contributed by atoms with E-state index in [0.717, 1.165) is 0 Å². The van der Waals surface area contributed by atoms with Gasteiger partial charge in [0, 0.05) is 0 Å². The van der Waals surface area contributed by atoms with Crippen LogP contribution in [-0.2, 0) is 0 Å². The van der Waals surface area contributed by atoms with Gasteiger partial charge in [-0.15, -0.1) is 0 Å². The molecule has 0 bridgehead atoms. The monoisotopic (exact) mass is 263 g/mol. The van der Waals surface area contributed by atoms with Gasteiger partial charge in [0.25, 0.3) is 0 Å².